The number of nitrogens with zero attached hydrogens (tertiary/aromatic N) is 3. The Bertz CT molecular complexity index is 342. The van der Waals surface area contributed by atoms with Gasteiger partial charge in [0.15, 0.2) is 0 Å². The van der Waals surface area contributed by atoms with E-state index >= 15 is 0 Å². The summed E-state index contributed by atoms with van der Waals surface area (Å²) in [5, 5.41) is 8.34. The van der Waals surface area contributed by atoms with Crippen LogP contribution in [0.25, 0.3) is 0 Å². The molecule has 72 valence electrons. The monoisotopic (exact) mass is 190 g/mol. The first-order chi connectivity index (χ1) is 6.80. The van der Waals surface area contributed by atoms with Gasteiger partial charge in [0.1, 0.15) is 0 Å². The van der Waals surface area contributed by atoms with E-state index in [1.54, 1.807) is 18.5 Å². The van der Waals surface area contributed by atoms with E-state index < -0.39 is 5.97 Å². The number of carboxylic acids is 1. The van der Waals surface area contributed by atoms with Crippen LogP contribution >= 0.6 is 0 Å². The van der Waals surface area contributed by atoms with Gasteiger partial charge in [0.05, 0.1) is 5.56 Å². The summed E-state index contributed by atoms with van der Waals surface area (Å²) in [6.45, 7) is 0. The van der Waals surface area contributed by atoms with E-state index in [2.05, 4.69) is 15.0 Å². The van der Waals surface area contributed by atoms with E-state index in [0.717, 1.165) is 0 Å². The quantitative estimate of drug-likeness (QED) is 0.720. The van der Waals surface area contributed by atoms with E-state index in [1.165, 1.54) is 24.8 Å². The normalized spacial score (nSPS) is 8.57. The molecule has 0 aromatic carbocycles. The van der Waals surface area contributed by atoms with Crippen molar-refractivity contribution in [2.75, 3.05) is 0 Å². The summed E-state index contributed by atoms with van der Waals surface area (Å²) in [4.78, 5) is 21.0. The molecule has 0 saturated heterocycles. The lowest BCUT2D eigenvalue weighted by Gasteiger charge is -1.87. The van der Waals surface area contributed by atoms with E-state index in [-0.39, 0.29) is 5.56 Å². The fourth-order valence-electron chi connectivity index (χ4n) is 0.682. The Balaban J connectivity index is 0.000000165. The summed E-state index contributed by atoms with van der Waals surface area (Å²) in [6, 6.07) is 3.08. The Morgan fingerprint density at radius 2 is 2.21 bits per heavy atom. The maximum Gasteiger partial charge on any atom is 0.337 e. The first kappa shape index (κ1) is 9.91. The molecule has 2 aromatic rings. The molecule has 0 amide bonds. The van der Waals surface area contributed by atoms with Gasteiger partial charge in [-0.3, -0.25) is 4.98 Å². The molecule has 2 aromatic heterocycles. The lowest BCUT2D eigenvalue weighted by atomic mass is 10.3. The van der Waals surface area contributed by atoms with Crippen LogP contribution in [0.1, 0.15) is 10.4 Å². The van der Waals surface area contributed by atoms with E-state index in [1.807, 2.05) is 0 Å². The minimum Gasteiger partial charge on any atom is -0.478 e. The molecule has 0 bridgehead atoms. The summed E-state index contributed by atoms with van der Waals surface area (Å²) in [6.07, 6.45) is 7.62. The van der Waals surface area contributed by atoms with Gasteiger partial charge in [0.2, 0.25) is 0 Å². The number of hydrogen-bond acceptors (Lipinski definition) is 3. The molecule has 0 aliphatic heterocycles. The first-order valence-corrected chi connectivity index (χ1v) is 3.80. The maximum absolute atomic E-state index is 10.2. The number of carbonyl (C=O) groups is 1. The van der Waals surface area contributed by atoms with Crippen molar-refractivity contribution in [3.63, 3.8) is 0 Å². The lowest BCUT2D eigenvalue weighted by molar-refractivity contribution is 0.0696. The van der Waals surface area contributed by atoms with Crippen molar-refractivity contribution in [3.05, 3.63) is 48.8 Å². The highest BCUT2D eigenvalue weighted by Gasteiger charge is 1.97. The smallest absolute Gasteiger partial charge is 0.337 e. The van der Waals surface area contributed by atoms with Gasteiger partial charge in [-0.25, -0.2) is 4.79 Å². The second-order valence-electron chi connectivity index (χ2n) is 2.26. The molecule has 2 rings (SSSR count). The van der Waals surface area contributed by atoms with Crippen molar-refractivity contribution >= 4 is 5.97 Å². The van der Waals surface area contributed by atoms with Crippen molar-refractivity contribution in [3.8, 4) is 0 Å². The Morgan fingerprint density at radius 1 is 1.36 bits per heavy atom. The van der Waals surface area contributed by atoms with Gasteiger partial charge < -0.3 is 15.1 Å². The largest absolute Gasteiger partial charge is 0.478 e. The molecular weight excluding hydrogens is 182 g/mol. The van der Waals surface area contributed by atoms with Crippen LogP contribution in [0.5, 0.6) is 0 Å². The molecule has 0 unspecified atom stereocenters. The van der Waals surface area contributed by atoms with Crippen LogP contribution in [0.2, 0.25) is 0 Å². The van der Waals surface area contributed by atoms with Crippen LogP contribution in [-0.2, 0) is 0 Å². The third kappa shape index (κ3) is 3.48. The molecule has 1 N–H and O–H groups in total. The number of hydrogen-bond donors (Lipinski definition) is 1. The molecule has 5 nitrogen and oxygen atoms in total. The minimum absolute atomic E-state index is 0.220. The van der Waals surface area contributed by atoms with Crippen LogP contribution in [0.3, 0.4) is 0 Å². The molecule has 0 aliphatic rings. The van der Waals surface area contributed by atoms with Crippen molar-refractivity contribution in [1.82, 2.24) is 15.0 Å². The van der Waals surface area contributed by atoms with Crippen LogP contribution < -0.4 is 4.98 Å². The van der Waals surface area contributed by atoms with Crippen molar-refractivity contribution in [2.24, 2.45) is 0 Å². The predicted octanol–water partition coefficient (Wildman–Crippen LogP) is 0.819. The molecule has 0 radical (unpaired) electrons. The van der Waals surface area contributed by atoms with Crippen molar-refractivity contribution < 1.29 is 9.90 Å². The molecule has 2 heterocycles. The minimum atomic E-state index is -0.942. The Morgan fingerprint density at radius 3 is 2.50 bits per heavy atom. The van der Waals surface area contributed by atoms with Gasteiger partial charge in [-0.2, -0.15) is 0 Å². The Hall–Kier alpha value is -2.17. The number of imidazole rings is 1. The molecule has 0 spiro atoms. The third-order valence-electron chi connectivity index (χ3n) is 1.28. The van der Waals surface area contributed by atoms with Crippen LogP contribution in [0, 0.1) is 0 Å². The standard InChI is InChI=1S/C6H5NO2.C3H3N2/c8-6(9)5-2-1-3-7-4-5;1-2-5-3-4-1/h1-4H,(H,8,9);1-3H/q;-1. The van der Waals surface area contributed by atoms with E-state index in [9.17, 15) is 4.79 Å². The highest BCUT2D eigenvalue weighted by Crippen LogP contribution is 1.92. The molecule has 0 aliphatic carbocycles. The second kappa shape index (κ2) is 5.47. The summed E-state index contributed by atoms with van der Waals surface area (Å²) in [7, 11) is 0. The van der Waals surface area contributed by atoms with Gasteiger partial charge in [-0.1, -0.05) is 18.7 Å². The summed E-state index contributed by atoms with van der Waals surface area (Å²) >= 11 is 0. The van der Waals surface area contributed by atoms with E-state index in [0.29, 0.717) is 0 Å². The molecular formula is C9H8N3O2-. The fraction of sp³-hybridized carbons (Fsp3) is 0. The van der Waals surface area contributed by atoms with Crippen LogP contribution in [-0.4, -0.2) is 21.0 Å². The molecule has 5 heteroatoms. The zero-order chi connectivity index (χ0) is 10.2. The number of pyridine rings is 1. The number of aromatic nitrogens is 3. The highest BCUT2D eigenvalue weighted by atomic mass is 16.4. The third-order valence-corrected chi connectivity index (χ3v) is 1.28. The SMILES string of the molecule is O=C(O)c1cccnc1.c1c[n-]cn1. The summed E-state index contributed by atoms with van der Waals surface area (Å²) < 4.78 is 0. The Labute approximate surface area is 80.5 Å². The number of rotatable bonds is 1. The zero-order valence-electron chi connectivity index (χ0n) is 7.24. The van der Waals surface area contributed by atoms with Gasteiger partial charge >= 0.3 is 5.97 Å². The van der Waals surface area contributed by atoms with Gasteiger partial charge in [-0.05, 0) is 12.1 Å². The van der Waals surface area contributed by atoms with Crippen LogP contribution in [0.4, 0.5) is 0 Å². The predicted molar refractivity (Wildman–Crippen MR) is 48.8 cm³/mol. The molecule has 0 fully saturated rings. The van der Waals surface area contributed by atoms with Crippen molar-refractivity contribution in [1.29, 1.82) is 0 Å². The molecule has 0 atom stereocenters. The average Bonchev–Trinajstić information content (AvgIpc) is 2.77. The summed E-state index contributed by atoms with van der Waals surface area (Å²) in [5.74, 6) is -0.942. The molecule has 0 saturated carbocycles. The van der Waals surface area contributed by atoms with Gasteiger partial charge in [0, 0.05) is 12.4 Å². The van der Waals surface area contributed by atoms with Crippen LogP contribution in [0.15, 0.2) is 43.2 Å². The average molecular weight is 190 g/mol. The first-order valence-electron chi connectivity index (χ1n) is 3.80. The number of carboxylic acid groups (broad SMARTS) is 1. The van der Waals surface area contributed by atoms with Gasteiger partial charge in [0.25, 0.3) is 0 Å². The zero-order valence-corrected chi connectivity index (χ0v) is 7.24. The summed E-state index contributed by atoms with van der Waals surface area (Å²) in [5.41, 5.74) is 0.220. The van der Waals surface area contributed by atoms with Crippen molar-refractivity contribution in [2.45, 2.75) is 0 Å². The van der Waals surface area contributed by atoms with E-state index in [4.69, 9.17) is 5.11 Å². The fourth-order valence-corrected chi connectivity index (χ4v) is 0.682. The number of aromatic carboxylic acids is 1. The topological polar surface area (TPSA) is 77.2 Å². The molecule has 14 heavy (non-hydrogen) atoms. The second-order valence-corrected chi connectivity index (χ2v) is 2.26. The lowest BCUT2D eigenvalue weighted by Crippen LogP contribution is -1.94. The Kier molecular flexibility index (Phi) is 3.87. The highest BCUT2D eigenvalue weighted by molar-refractivity contribution is 5.86. The van der Waals surface area contributed by atoms with Gasteiger partial charge in [-0.15, -0.1) is 0 Å². The maximum atomic E-state index is 10.2.